The van der Waals surface area contributed by atoms with Gasteiger partial charge < -0.3 is 19.7 Å². The summed E-state index contributed by atoms with van der Waals surface area (Å²) < 4.78 is 11.3. The van der Waals surface area contributed by atoms with Crippen LogP contribution in [0.4, 0.5) is 5.69 Å². The summed E-state index contributed by atoms with van der Waals surface area (Å²) in [6.07, 6.45) is 1.53. The Kier molecular flexibility index (Phi) is 4.12. The first-order valence-corrected chi connectivity index (χ1v) is 7.53. The Labute approximate surface area is 125 Å². The van der Waals surface area contributed by atoms with E-state index in [9.17, 15) is 4.79 Å². The van der Waals surface area contributed by atoms with E-state index in [1.807, 2.05) is 36.1 Å². The molecule has 2 aliphatic rings. The quantitative estimate of drug-likeness (QED) is 0.922. The highest BCUT2D eigenvalue weighted by molar-refractivity contribution is 5.81. The highest BCUT2D eigenvalue weighted by Crippen LogP contribution is 2.31. The Balaban J connectivity index is 1.47. The van der Waals surface area contributed by atoms with E-state index in [4.69, 9.17) is 9.47 Å². The molecule has 2 heterocycles. The number of likely N-dealkylation sites (tertiary alicyclic amines) is 1. The third-order valence-corrected chi connectivity index (χ3v) is 4.19. The molecule has 0 bridgehead atoms. The molecule has 0 radical (unpaired) electrons. The molecule has 0 unspecified atom stereocenters. The minimum atomic E-state index is -0.416. The lowest BCUT2D eigenvalue weighted by Crippen LogP contribution is -2.48. The molecule has 1 spiro atoms. The lowest BCUT2D eigenvalue weighted by atomic mass is 10.0. The number of carbonyl (C=O) groups excluding carboxylic acids is 1. The van der Waals surface area contributed by atoms with Gasteiger partial charge in [-0.25, -0.2) is 0 Å². The molecule has 0 atom stereocenters. The van der Waals surface area contributed by atoms with E-state index < -0.39 is 5.79 Å². The van der Waals surface area contributed by atoms with Gasteiger partial charge >= 0.3 is 0 Å². The standard InChI is InChI=1S/C16H22N2O3/c1-13-2-4-14(5-3-13)17-12-15(19)18-8-6-16(7-9-18)20-10-11-21-16/h2-5,17H,6-12H2,1H3. The maximum Gasteiger partial charge on any atom is 0.241 e. The number of nitrogens with zero attached hydrogens (tertiary/aromatic N) is 1. The third kappa shape index (κ3) is 3.36. The lowest BCUT2D eigenvalue weighted by Gasteiger charge is -2.37. The van der Waals surface area contributed by atoms with Crippen molar-refractivity contribution in [2.45, 2.75) is 25.6 Å². The van der Waals surface area contributed by atoms with Gasteiger partial charge in [-0.1, -0.05) is 17.7 Å². The van der Waals surface area contributed by atoms with Crippen LogP contribution in [-0.4, -0.2) is 49.4 Å². The predicted molar refractivity (Wildman–Crippen MR) is 80.1 cm³/mol. The molecule has 2 fully saturated rings. The van der Waals surface area contributed by atoms with E-state index in [1.165, 1.54) is 5.56 Å². The first kappa shape index (κ1) is 14.4. The van der Waals surface area contributed by atoms with Crippen LogP contribution in [0.2, 0.25) is 0 Å². The second kappa shape index (κ2) is 6.03. The number of carbonyl (C=O) groups is 1. The first-order valence-electron chi connectivity index (χ1n) is 7.53. The van der Waals surface area contributed by atoms with Crippen LogP contribution in [0.3, 0.4) is 0 Å². The maximum atomic E-state index is 12.2. The van der Waals surface area contributed by atoms with Crippen molar-refractivity contribution in [1.29, 1.82) is 0 Å². The van der Waals surface area contributed by atoms with Gasteiger partial charge in [0.2, 0.25) is 5.91 Å². The van der Waals surface area contributed by atoms with Gasteiger partial charge in [0.05, 0.1) is 19.8 Å². The number of rotatable bonds is 3. The van der Waals surface area contributed by atoms with E-state index in [0.717, 1.165) is 18.5 Å². The van der Waals surface area contributed by atoms with Gasteiger partial charge in [-0.05, 0) is 19.1 Å². The Morgan fingerprint density at radius 3 is 2.43 bits per heavy atom. The molecule has 2 saturated heterocycles. The highest BCUT2D eigenvalue weighted by Gasteiger charge is 2.40. The van der Waals surface area contributed by atoms with Crippen molar-refractivity contribution in [1.82, 2.24) is 4.90 Å². The largest absolute Gasteiger partial charge is 0.376 e. The van der Waals surface area contributed by atoms with Crippen LogP contribution >= 0.6 is 0 Å². The van der Waals surface area contributed by atoms with Crippen LogP contribution in [0.1, 0.15) is 18.4 Å². The molecule has 0 saturated carbocycles. The van der Waals surface area contributed by atoms with E-state index in [-0.39, 0.29) is 5.91 Å². The maximum absolute atomic E-state index is 12.2. The molecule has 21 heavy (non-hydrogen) atoms. The minimum Gasteiger partial charge on any atom is -0.376 e. The van der Waals surface area contributed by atoms with Crippen LogP contribution < -0.4 is 5.32 Å². The molecular formula is C16H22N2O3. The summed E-state index contributed by atoms with van der Waals surface area (Å²) in [7, 11) is 0. The molecule has 114 valence electrons. The summed E-state index contributed by atoms with van der Waals surface area (Å²) >= 11 is 0. The third-order valence-electron chi connectivity index (χ3n) is 4.19. The Bertz CT molecular complexity index is 485. The van der Waals surface area contributed by atoms with Gasteiger partial charge in [0.1, 0.15) is 0 Å². The Morgan fingerprint density at radius 2 is 1.81 bits per heavy atom. The van der Waals surface area contributed by atoms with Gasteiger partial charge in [-0.15, -0.1) is 0 Å². The summed E-state index contributed by atoms with van der Waals surface area (Å²) in [6, 6.07) is 8.06. The van der Waals surface area contributed by atoms with Crippen LogP contribution in [0.25, 0.3) is 0 Å². The van der Waals surface area contributed by atoms with Crippen molar-refractivity contribution in [2.24, 2.45) is 0 Å². The van der Waals surface area contributed by atoms with Crippen molar-refractivity contribution in [2.75, 3.05) is 38.2 Å². The number of hydrogen-bond donors (Lipinski definition) is 1. The zero-order valence-corrected chi connectivity index (χ0v) is 12.4. The molecule has 0 aliphatic carbocycles. The lowest BCUT2D eigenvalue weighted by molar-refractivity contribution is -0.187. The zero-order valence-electron chi connectivity index (χ0n) is 12.4. The number of anilines is 1. The average Bonchev–Trinajstić information content (AvgIpc) is 2.95. The van der Waals surface area contributed by atoms with Gasteiger partial charge in [-0.3, -0.25) is 4.79 Å². The fraction of sp³-hybridized carbons (Fsp3) is 0.562. The van der Waals surface area contributed by atoms with E-state index in [0.29, 0.717) is 32.8 Å². The fourth-order valence-electron chi connectivity index (χ4n) is 2.84. The van der Waals surface area contributed by atoms with Crippen molar-refractivity contribution in [3.05, 3.63) is 29.8 Å². The van der Waals surface area contributed by atoms with Crippen LogP contribution in [0, 0.1) is 6.92 Å². The number of aryl methyl sites for hydroxylation is 1. The summed E-state index contributed by atoms with van der Waals surface area (Å²) in [5.74, 6) is -0.287. The number of hydrogen-bond acceptors (Lipinski definition) is 4. The van der Waals surface area contributed by atoms with Crippen molar-refractivity contribution in [3.8, 4) is 0 Å². The van der Waals surface area contributed by atoms with Crippen molar-refractivity contribution in [3.63, 3.8) is 0 Å². The van der Waals surface area contributed by atoms with Gasteiger partial charge in [-0.2, -0.15) is 0 Å². The Hall–Kier alpha value is -1.59. The molecule has 2 aliphatic heterocycles. The molecule has 1 aromatic rings. The number of piperidine rings is 1. The normalized spacial score (nSPS) is 20.7. The van der Waals surface area contributed by atoms with Gasteiger partial charge in [0.15, 0.2) is 5.79 Å². The molecule has 1 aromatic carbocycles. The molecule has 1 N–H and O–H groups in total. The zero-order chi connectivity index (χ0) is 14.7. The second-order valence-electron chi connectivity index (χ2n) is 5.71. The van der Waals surface area contributed by atoms with Crippen molar-refractivity contribution < 1.29 is 14.3 Å². The molecule has 5 nitrogen and oxygen atoms in total. The summed E-state index contributed by atoms with van der Waals surface area (Å²) in [5.41, 5.74) is 2.19. The monoisotopic (exact) mass is 290 g/mol. The molecule has 1 amide bonds. The van der Waals surface area contributed by atoms with Crippen LogP contribution in [0.5, 0.6) is 0 Å². The summed E-state index contributed by atoms with van der Waals surface area (Å²) in [5, 5.41) is 3.18. The topological polar surface area (TPSA) is 50.8 Å². The van der Waals surface area contributed by atoms with E-state index in [1.54, 1.807) is 0 Å². The summed E-state index contributed by atoms with van der Waals surface area (Å²) in [6.45, 7) is 5.12. The first-order chi connectivity index (χ1) is 10.2. The number of benzene rings is 1. The van der Waals surface area contributed by atoms with Gasteiger partial charge in [0.25, 0.3) is 0 Å². The van der Waals surface area contributed by atoms with Crippen molar-refractivity contribution >= 4 is 11.6 Å². The van der Waals surface area contributed by atoms with E-state index in [2.05, 4.69) is 5.32 Å². The number of nitrogens with one attached hydrogen (secondary N) is 1. The molecule has 0 aromatic heterocycles. The smallest absolute Gasteiger partial charge is 0.241 e. The van der Waals surface area contributed by atoms with Gasteiger partial charge in [0, 0.05) is 31.6 Å². The SMILES string of the molecule is Cc1ccc(NCC(=O)N2CCC3(CC2)OCCO3)cc1. The molecule has 3 rings (SSSR count). The summed E-state index contributed by atoms with van der Waals surface area (Å²) in [4.78, 5) is 14.1. The highest BCUT2D eigenvalue weighted by atomic mass is 16.7. The molecule has 5 heteroatoms. The average molecular weight is 290 g/mol. The number of amides is 1. The van der Waals surface area contributed by atoms with Crippen LogP contribution in [-0.2, 0) is 14.3 Å². The van der Waals surface area contributed by atoms with E-state index >= 15 is 0 Å². The molecular weight excluding hydrogens is 268 g/mol. The Morgan fingerprint density at radius 1 is 1.19 bits per heavy atom. The minimum absolute atomic E-state index is 0.128. The fourth-order valence-corrected chi connectivity index (χ4v) is 2.84. The predicted octanol–water partition coefficient (Wildman–Crippen LogP) is 1.77. The second-order valence-corrected chi connectivity index (χ2v) is 5.71. The van der Waals surface area contributed by atoms with Crippen LogP contribution in [0.15, 0.2) is 24.3 Å². The number of ether oxygens (including phenoxy) is 2.